The average molecular weight is 450 g/mol. The van der Waals surface area contributed by atoms with Gasteiger partial charge in [0.25, 0.3) is 0 Å². The summed E-state index contributed by atoms with van der Waals surface area (Å²) >= 11 is 0. The number of aliphatic hydroxyl groups excluding tert-OH is 5. The standard InChI is InChI=1S/C22H26O10/c23-9-15-17(25)18(26)19(27)22(31-15)32-21-16-12(8-14(24)13(16)6-7-29-21)10-30-20(28)11-4-2-1-3-5-11/h1-8,13-19,21-27H,9-10H2/t13?,14?,15-,16?,17-,18+,19-,21+,22+/m1/s1. The topological polar surface area (TPSA) is 155 Å². The SMILES string of the molecule is O=C(OCC1=CC(O)C2C=CO[C@@H](O[C@@H]3O[C@H](CO)[C@@H](O)[C@H](O)[C@H]3O)C12)c1ccccc1. The summed E-state index contributed by atoms with van der Waals surface area (Å²) in [6.07, 6.45) is -4.61. The predicted molar refractivity (Wildman–Crippen MR) is 107 cm³/mol. The summed E-state index contributed by atoms with van der Waals surface area (Å²) in [5.74, 6) is -1.52. The van der Waals surface area contributed by atoms with Crippen LogP contribution in [0.5, 0.6) is 0 Å². The molecule has 3 unspecified atom stereocenters. The highest BCUT2D eigenvalue weighted by molar-refractivity contribution is 5.89. The van der Waals surface area contributed by atoms with Gasteiger partial charge in [0.2, 0.25) is 6.29 Å². The minimum absolute atomic E-state index is 0.113. The van der Waals surface area contributed by atoms with Crippen molar-refractivity contribution in [3.05, 3.63) is 59.9 Å². The van der Waals surface area contributed by atoms with E-state index in [1.165, 1.54) is 6.26 Å². The second-order valence-electron chi connectivity index (χ2n) is 7.94. The third-order valence-corrected chi connectivity index (χ3v) is 5.92. The van der Waals surface area contributed by atoms with Gasteiger partial charge in [0.05, 0.1) is 30.5 Å². The number of carbonyl (C=O) groups excluding carboxylic acids is 1. The first-order valence-electron chi connectivity index (χ1n) is 10.3. The van der Waals surface area contributed by atoms with Crippen LogP contribution in [0.4, 0.5) is 0 Å². The van der Waals surface area contributed by atoms with Crippen molar-refractivity contribution in [1.29, 1.82) is 0 Å². The highest BCUT2D eigenvalue weighted by atomic mass is 16.8. The lowest BCUT2D eigenvalue weighted by molar-refractivity contribution is -0.339. The molecule has 0 aromatic heterocycles. The summed E-state index contributed by atoms with van der Waals surface area (Å²) in [7, 11) is 0. The fourth-order valence-electron chi connectivity index (χ4n) is 4.17. The molecule has 1 aliphatic carbocycles. The number of rotatable bonds is 6. The number of benzene rings is 1. The summed E-state index contributed by atoms with van der Waals surface area (Å²) in [4.78, 5) is 12.3. The molecular weight excluding hydrogens is 424 g/mol. The molecule has 3 aliphatic rings. The molecule has 174 valence electrons. The number of ether oxygens (including phenoxy) is 4. The van der Waals surface area contributed by atoms with E-state index >= 15 is 0 Å². The number of fused-ring (bicyclic) bond motifs is 1. The Bertz CT molecular complexity index is 854. The highest BCUT2D eigenvalue weighted by Crippen LogP contribution is 2.41. The number of aliphatic hydroxyl groups is 5. The molecule has 32 heavy (non-hydrogen) atoms. The average Bonchev–Trinajstić information content (AvgIpc) is 3.14. The van der Waals surface area contributed by atoms with Crippen molar-refractivity contribution < 1.29 is 49.3 Å². The van der Waals surface area contributed by atoms with E-state index in [0.717, 1.165) is 0 Å². The van der Waals surface area contributed by atoms with Crippen LogP contribution in [-0.4, -0.2) is 87.8 Å². The number of carbonyl (C=O) groups is 1. The summed E-state index contributed by atoms with van der Waals surface area (Å²) in [6.45, 7) is -0.709. The summed E-state index contributed by atoms with van der Waals surface area (Å²) in [6, 6.07) is 8.47. The Morgan fingerprint density at radius 1 is 1.00 bits per heavy atom. The van der Waals surface area contributed by atoms with Crippen LogP contribution in [0.25, 0.3) is 0 Å². The van der Waals surface area contributed by atoms with Crippen LogP contribution in [0.3, 0.4) is 0 Å². The van der Waals surface area contributed by atoms with Crippen LogP contribution in [0.1, 0.15) is 10.4 Å². The van der Waals surface area contributed by atoms with E-state index in [2.05, 4.69) is 0 Å². The molecule has 0 spiro atoms. The minimum Gasteiger partial charge on any atom is -0.472 e. The molecule has 4 rings (SSSR count). The van der Waals surface area contributed by atoms with Crippen LogP contribution >= 0.6 is 0 Å². The Morgan fingerprint density at radius 2 is 1.75 bits per heavy atom. The van der Waals surface area contributed by atoms with Crippen LogP contribution in [0, 0.1) is 11.8 Å². The molecule has 0 radical (unpaired) electrons. The van der Waals surface area contributed by atoms with Crippen molar-refractivity contribution in [2.24, 2.45) is 11.8 Å². The summed E-state index contributed by atoms with van der Waals surface area (Å²) in [5, 5.41) is 50.0. The minimum atomic E-state index is -1.60. The molecule has 0 saturated carbocycles. The Morgan fingerprint density at radius 3 is 2.47 bits per heavy atom. The van der Waals surface area contributed by atoms with E-state index in [0.29, 0.717) is 11.1 Å². The van der Waals surface area contributed by atoms with Gasteiger partial charge < -0.3 is 44.5 Å². The predicted octanol–water partition coefficient (Wildman–Crippen LogP) is -0.937. The number of hydrogen-bond donors (Lipinski definition) is 5. The van der Waals surface area contributed by atoms with Gasteiger partial charge in [0, 0.05) is 5.92 Å². The molecule has 0 bridgehead atoms. The van der Waals surface area contributed by atoms with Crippen LogP contribution in [-0.2, 0) is 18.9 Å². The zero-order valence-corrected chi connectivity index (χ0v) is 17.0. The van der Waals surface area contributed by atoms with Crippen molar-refractivity contribution in [2.45, 2.75) is 43.1 Å². The lowest BCUT2D eigenvalue weighted by Crippen LogP contribution is -2.60. The second kappa shape index (κ2) is 9.67. The molecule has 9 atom stereocenters. The third-order valence-electron chi connectivity index (χ3n) is 5.92. The first-order valence-corrected chi connectivity index (χ1v) is 10.3. The van der Waals surface area contributed by atoms with Gasteiger partial charge in [-0.1, -0.05) is 24.3 Å². The molecule has 1 aromatic carbocycles. The van der Waals surface area contributed by atoms with E-state index < -0.39 is 67.5 Å². The highest BCUT2D eigenvalue weighted by Gasteiger charge is 2.49. The normalized spacial score (nSPS) is 38.5. The first-order chi connectivity index (χ1) is 15.4. The van der Waals surface area contributed by atoms with Gasteiger partial charge in [0.1, 0.15) is 31.0 Å². The summed E-state index contributed by atoms with van der Waals surface area (Å²) < 4.78 is 22.1. The maximum absolute atomic E-state index is 12.3. The van der Waals surface area contributed by atoms with Gasteiger partial charge in [0.15, 0.2) is 6.29 Å². The van der Waals surface area contributed by atoms with Crippen LogP contribution < -0.4 is 0 Å². The Hall–Kier alpha value is -2.31. The van der Waals surface area contributed by atoms with Gasteiger partial charge in [-0.25, -0.2) is 4.79 Å². The van der Waals surface area contributed by atoms with E-state index in [9.17, 15) is 30.3 Å². The summed E-state index contributed by atoms with van der Waals surface area (Å²) in [5.41, 5.74) is 0.947. The Balaban J connectivity index is 1.46. The fraction of sp³-hybridized carbons (Fsp3) is 0.500. The molecule has 1 aromatic rings. The van der Waals surface area contributed by atoms with Crippen LogP contribution in [0.15, 0.2) is 54.3 Å². The molecule has 0 amide bonds. The first kappa shape index (κ1) is 22.9. The quantitative estimate of drug-likeness (QED) is 0.271. The Labute approximate surface area is 183 Å². The van der Waals surface area contributed by atoms with E-state index in [1.807, 2.05) is 0 Å². The zero-order valence-electron chi connectivity index (χ0n) is 17.0. The maximum atomic E-state index is 12.3. The molecule has 2 aliphatic heterocycles. The second-order valence-corrected chi connectivity index (χ2v) is 7.94. The van der Waals surface area contributed by atoms with E-state index in [-0.39, 0.29) is 6.61 Å². The largest absolute Gasteiger partial charge is 0.472 e. The van der Waals surface area contributed by atoms with Crippen molar-refractivity contribution >= 4 is 5.97 Å². The van der Waals surface area contributed by atoms with Gasteiger partial charge in [-0.3, -0.25) is 0 Å². The van der Waals surface area contributed by atoms with Gasteiger partial charge in [-0.15, -0.1) is 0 Å². The van der Waals surface area contributed by atoms with Crippen molar-refractivity contribution in [1.82, 2.24) is 0 Å². The van der Waals surface area contributed by atoms with Crippen molar-refractivity contribution in [2.75, 3.05) is 13.2 Å². The van der Waals surface area contributed by atoms with E-state index in [4.69, 9.17) is 18.9 Å². The molecule has 5 N–H and O–H groups in total. The lowest BCUT2D eigenvalue weighted by atomic mass is 9.88. The molecule has 10 nitrogen and oxygen atoms in total. The number of hydrogen-bond acceptors (Lipinski definition) is 10. The fourth-order valence-corrected chi connectivity index (χ4v) is 4.17. The third kappa shape index (κ3) is 4.44. The van der Waals surface area contributed by atoms with Gasteiger partial charge in [-0.05, 0) is 23.8 Å². The number of esters is 1. The smallest absolute Gasteiger partial charge is 0.338 e. The van der Waals surface area contributed by atoms with E-state index in [1.54, 1.807) is 42.5 Å². The molecule has 1 fully saturated rings. The molecule has 2 heterocycles. The van der Waals surface area contributed by atoms with Gasteiger partial charge >= 0.3 is 5.97 Å². The monoisotopic (exact) mass is 450 g/mol. The molecule has 1 saturated heterocycles. The zero-order chi connectivity index (χ0) is 22.8. The Kier molecular flexibility index (Phi) is 6.91. The molecular formula is C22H26O10. The lowest BCUT2D eigenvalue weighted by Gasteiger charge is -2.42. The maximum Gasteiger partial charge on any atom is 0.338 e. The van der Waals surface area contributed by atoms with Crippen molar-refractivity contribution in [3.8, 4) is 0 Å². The molecule has 10 heteroatoms. The van der Waals surface area contributed by atoms with Crippen LogP contribution in [0.2, 0.25) is 0 Å². The van der Waals surface area contributed by atoms with Gasteiger partial charge in [-0.2, -0.15) is 0 Å². The van der Waals surface area contributed by atoms with Crippen molar-refractivity contribution in [3.63, 3.8) is 0 Å².